The van der Waals surface area contributed by atoms with Gasteiger partial charge in [0.05, 0.1) is 10.6 Å². The summed E-state index contributed by atoms with van der Waals surface area (Å²) in [6, 6.07) is 4.53. The van der Waals surface area contributed by atoms with Crippen molar-refractivity contribution >= 4 is 15.8 Å². The first-order chi connectivity index (χ1) is 7.49. The van der Waals surface area contributed by atoms with Gasteiger partial charge >= 0.3 is 5.97 Å². The van der Waals surface area contributed by atoms with Crippen LogP contribution in [0.4, 0.5) is 0 Å². The van der Waals surface area contributed by atoms with Gasteiger partial charge < -0.3 is 9.84 Å². The smallest absolute Gasteiger partial charge is 0.341 e. The van der Waals surface area contributed by atoms with E-state index >= 15 is 0 Å². The SMILES string of the molecule is O=C(O)COc1ccc2c(c1)CCS2(=O)=O. The minimum absolute atomic E-state index is 0.116. The molecular formula is C10H10O5S. The summed E-state index contributed by atoms with van der Waals surface area (Å²) >= 11 is 0. The Morgan fingerprint density at radius 2 is 2.19 bits per heavy atom. The van der Waals surface area contributed by atoms with E-state index in [9.17, 15) is 13.2 Å². The Morgan fingerprint density at radius 1 is 1.44 bits per heavy atom. The second kappa shape index (κ2) is 3.79. The standard InChI is InChI=1S/C10H10O5S/c11-10(12)6-15-8-1-2-9-7(5-8)3-4-16(9,13)14/h1-2,5H,3-4,6H2,(H,11,12). The van der Waals surface area contributed by atoms with Crippen LogP contribution in [0.3, 0.4) is 0 Å². The van der Waals surface area contributed by atoms with Crippen LogP contribution in [0.2, 0.25) is 0 Å². The van der Waals surface area contributed by atoms with Gasteiger partial charge in [-0.3, -0.25) is 0 Å². The molecule has 0 radical (unpaired) electrons. The van der Waals surface area contributed by atoms with Crippen molar-refractivity contribution in [1.82, 2.24) is 0 Å². The van der Waals surface area contributed by atoms with E-state index in [-0.39, 0.29) is 5.75 Å². The molecule has 0 aliphatic carbocycles. The fourth-order valence-electron chi connectivity index (χ4n) is 1.64. The van der Waals surface area contributed by atoms with Gasteiger partial charge in [-0.15, -0.1) is 0 Å². The van der Waals surface area contributed by atoms with Crippen molar-refractivity contribution in [3.8, 4) is 5.75 Å². The molecule has 6 heteroatoms. The fraction of sp³-hybridized carbons (Fsp3) is 0.300. The molecular weight excluding hydrogens is 232 g/mol. The molecule has 16 heavy (non-hydrogen) atoms. The van der Waals surface area contributed by atoms with Crippen LogP contribution in [-0.2, 0) is 21.1 Å². The summed E-state index contributed by atoms with van der Waals surface area (Å²) in [5.74, 6) is -0.559. The van der Waals surface area contributed by atoms with Crippen molar-refractivity contribution in [2.45, 2.75) is 11.3 Å². The van der Waals surface area contributed by atoms with Crippen LogP contribution in [0.1, 0.15) is 5.56 Å². The highest BCUT2D eigenvalue weighted by atomic mass is 32.2. The number of sulfone groups is 1. The maximum atomic E-state index is 11.5. The highest BCUT2D eigenvalue weighted by molar-refractivity contribution is 7.91. The summed E-state index contributed by atoms with van der Waals surface area (Å²) in [4.78, 5) is 10.6. The van der Waals surface area contributed by atoms with Gasteiger partial charge in [-0.1, -0.05) is 0 Å². The molecule has 0 atom stereocenters. The lowest BCUT2D eigenvalue weighted by Crippen LogP contribution is -2.09. The minimum Gasteiger partial charge on any atom is -0.482 e. The molecule has 1 aromatic carbocycles. The molecule has 1 aliphatic rings. The number of fused-ring (bicyclic) bond motifs is 1. The third-order valence-electron chi connectivity index (χ3n) is 2.37. The number of aryl methyl sites for hydroxylation is 1. The number of carboxylic acids is 1. The van der Waals surface area contributed by atoms with Gasteiger partial charge in [0, 0.05) is 0 Å². The molecule has 5 nitrogen and oxygen atoms in total. The molecule has 1 N–H and O–H groups in total. The number of hydrogen-bond donors (Lipinski definition) is 1. The lowest BCUT2D eigenvalue weighted by Gasteiger charge is -2.04. The average molecular weight is 242 g/mol. The van der Waals surface area contributed by atoms with E-state index in [1.54, 1.807) is 6.07 Å². The number of carboxylic acid groups (broad SMARTS) is 1. The molecule has 0 amide bonds. The molecule has 1 heterocycles. The van der Waals surface area contributed by atoms with Crippen LogP contribution < -0.4 is 4.74 Å². The third kappa shape index (κ3) is 2.01. The molecule has 86 valence electrons. The van der Waals surface area contributed by atoms with E-state index in [0.29, 0.717) is 22.6 Å². The quantitative estimate of drug-likeness (QED) is 0.833. The van der Waals surface area contributed by atoms with Gasteiger partial charge in [-0.05, 0) is 30.2 Å². The maximum Gasteiger partial charge on any atom is 0.341 e. The number of hydrogen-bond acceptors (Lipinski definition) is 4. The predicted molar refractivity (Wildman–Crippen MR) is 55.3 cm³/mol. The molecule has 0 aromatic heterocycles. The summed E-state index contributed by atoms with van der Waals surface area (Å²) in [5.41, 5.74) is 0.697. The first-order valence-electron chi connectivity index (χ1n) is 4.69. The van der Waals surface area contributed by atoms with E-state index < -0.39 is 22.4 Å². The van der Waals surface area contributed by atoms with E-state index in [0.717, 1.165) is 0 Å². The molecule has 2 rings (SSSR count). The van der Waals surface area contributed by atoms with Crippen LogP contribution in [0.15, 0.2) is 23.1 Å². The predicted octanol–water partition coefficient (Wildman–Crippen LogP) is 0.480. The lowest BCUT2D eigenvalue weighted by atomic mass is 10.2. The molecule has 0 fully saturated rings. The zero-order chi connectivity index (χ0) is 11.8. The second-order valence-corrected chi connectivity index (χ2v) is 5.60. The number of aliphatic carboxylic acids is 1. The number of ether oxygens (including phenoxy) is 1. The molecule has 1 aromatic rings. The lowest BCUT2D eigenvalue weighted by molar-refractivity contribution is -0.139. The zero-order valence-corrected chi connectivity index (χ0v) is 9.16. The van der Waals surface area contributed by atoms with Gasteiger partial charge in [0.25, 0.3) is 0 Å². The van der Waals surface area contributed by atoms with Crippen LogP contribution in [0.25, 0.3) is 0 Å². The highest BCUT2D eigenvalue weighted by Gasteiger charge is 2.26. The van der Waals surface area contributed by atoms with Gasteiger partial charge in [0.1, 0.15) is 5.75 Å². The molecule has 1 aliphatic heterocycles. The second-order valence-electron chi connectivity index (χ2n) is 3.52. The molecule has 0 unspecified atom stereocenters. The topological polar surface area (TPSA) is 80.7 Å². The van der Waals surface area contributed by atoms with Crippen molar-refractivity contribution in [2.24, 2.45) is 0 Å². The minimum atomic E-state index is -3.13. The van der Waals surface area contributed by atoms with Gasteiger partial charge in [-0.2, -0.15) is 0 Å². The van der Waals surface area contributed by atoms with Crippen LogP contribution in [0.5, 0.6) is 5.75 Å². The molecule has 0 saturated heterocycles. The maximum absolute atomic E-state index is 11.5. The van der Waals surface area contributed by atoms with Crippen molar-refractivity contribution in [2.75, 3.05) is 12.4 Å². The fourth-order valence-corrected chi connectivity index (χ4v) is 3.19. The molecule has 0 bridgehead atoms. The van der Waals surface area contributed by atoms with Crippen LogP contribution in [-0.4, -0.2) is 31.9 Å². The largest absolute Gasteiger partial charge is 0.482 e. The van der Waals surface area contributed by atoms with Crippen molar-refractivity contribution < 1.29 is 23.1 Å². The zero-order valence-electron chi connectivity index (χ0n) is 8.34. The highest BCUT2D eigenvalue weighted by Crippen LogP contribution is 2.29. The Labute approximate surface area is 92.6 Å². The summed E-state index contributed by atoms with van der Waals surface area (Å²) in [7, 11) is -3.13. The Hall–Kier alpha value is -1.56. The monoisotopic (exact) mass is 242 g/mol. The summed E-state index contributed by atoms with van der Waals surface area (Å²) in [6.45, 7) is -0.425. The van der Waals surface area contributed by atoms with Crippen molar-refractivity contribution in [3.63, 3.8) is 0 Å². The van der Waals surface area contributed by atoms with Gasteiger partial charge in [0.15, 0.2) is 16.4 Å². The Morgan fingerprint density at radius 3 is 2.88 bits per heavy atom. The van der Waals surface area contributed by atoms with E-state index in [2.05, 4.69) is 0 Å². The molecule has 0 saturated carbocycles. The first-order valence-corrected chi connectivity index (χ1v) is 6.34. The van der Waals surface area contributed by atoms with E-state index in [1.807, 2.05) is 0 Å². The van der Waals surface area contributed by atoms with Crippen molar-refractivity contribution in [3.05, 3.63) is 23.8 Å². The summed E-state index contributed by atoms with van der Waals surface area (Å²) in [6.07, 6.45) is 0.460. The third-order valence-corrected chi connectivity index (χ3v) is 4.18. The molecule has 0 spiro atoms. The summed E-state index contributed by atoms with van der Waals surface area (Å²) < 4.78 is 28.0. The summed E-state index contributed by atoms with van der Waals surface area (Å²) in [5, 5.41) is 8.43. The van der Waals surface area contributed by atoms with Crippen molar-refractivity contribution in [1.29, 1.82) is 0 Å². The van der Waals surface area contributed by atoms with Crippen LogP contribution >= 0.6 is 0 Å². The first kappa shape index (κ1) is 10.9. The van der Waals surface area contributed by atoms with Crippen LogP contribution in [0, 0.1) is 0 Å². The Kier molecular flexibility index (Phi) is 2.59. The number of benzene rings is 1. The Bertz CT molecular complexity index is 532. The van der Waals surface area contributed by atoms with E-state index in [4.69, 9.17) is 9.84 Å². The van der Waals surface area contributed by atoms with Gasteiger partial charge in [0.2, 0.25) is 0 Å². The van der Waals surface area contributed by atoms with Gasteiger partial charge in [-0.25, -0.2) is 13.2 Å². The Balaban J connectivity index is 2.25. The van der Waals surface area contributed by atoms with E-state index in [1.165, 1.54) is 12.1 Å². The normalized spacial score (nSPS) is 16.8. The number of rotatable bonds is 3. The number of carbonyl (C=O) groups is 1. The average Bonchev–Trinajstić information content (AvgIpc) is 2.52.